The number of carbonyl (C=O) groups is 1. The third-order valence-electron chi connectivity index (χ3n) is 3.75. The summed E-state index contributed by atoms with van der Waals surface area (Å²) in [5, 5.41) is 9.95. The van der Waals surface area contributed by atoms with E-state index >= 15 is 0 Å². The molecule has 0 saturated carbocycles. The highest BCUT2D eigenvalue weighted by molar-refractivity contribution is 8.18. The fourth-order valence-electron chi connectivity index (χ4n) is 2.88. The van der Waals surface area contributed by atoms with Crippen molar-refractivity contribution >= 4 is 29.5 Å². The molecule has 0 bridgehead atoms. The number of thioether (sulfide) groups is 2. The van der Waals surface area contributed by atoms with E-state index in [0.29, 0.717) is 5.56 Å². The van der Waals surface area contributed by atoms with Crippen LogP contribution in [0.1, 0.15) is 34.3 Å². The molecule has 1 fully saturated rings. The van der Waals surface area contributed by atoms with Gasteiger partial charge in [0.05, 0.1) is 11.2 Å². The predicted octanol–water partition coefficient (Wildman–Crippen LogP) is 3.15. The Balaban J connectivity index is 2.10. The van der Waals surface area contributed by atoms with E-state index in [1.807, 2.05) is 29.6 Å². The van der Waals surface area contributed by atoms with Crippen molar-refractivity contribution in [3.63, 3.8) is 0 Å². The lowest BCUT2D eigenvalue weighted by Crippen LogP contribution is -2.19. The van der Waals surface area contributed by atoms with Crippen LogP contribution in [0, 0.1) is 0 Å². The SMILES string of the molecule is COC(=O)c1c(O)ccc2c1CCC21SCCCS1. The second-order valence-corrected chi connectivity index (χ2v) is 7.83. The number of benzene rings is 1. The first-order chi connectivity index (χ1) is 9.18. The fraction of sp³-hybridized carbons (Fsp3) is 0.500. The monoisotopic (exact) mass is 296 g/mol. The Labute approximate surface area is 121 Å². The Morgan fingerprint density at radius 3 is 2.79 bits per heavy atom. The first kappa shape index (κ1) is 13.2. The number of phenols is 1. The summed E-state index contributed by atoms with van der Waals surface area (Å²) >= 11 is 3.96. The van der Waals surface area contributed by atoms with Gasteiger partial charge in [0.1, 0.15) is 11.3 Å². The minimum atomic E-state index is -0.433. The molecule has 3 rings (SSSR count). The summed E-state index contributed by atoms with van der Waals surface area (Å²) in [5.41, 5.74) is 2.55. The molecule has 1 saturated heterocycles. The van der Waals surface area contributed by atoms with Crippen LogP contribution in [0.25, 0.3) is 0 Å². The molecule has 0 radical (unpaired) electrons. The summed E-state index contributed by atoms with van der Waals surface area (Å²) in [6, 6.07) is 3.61. The summed E-state index contributed by atoms with van der Waals surface area (Å²) in [6.45, 7) is 0. The number of ether oxygens (including phenoxy) is 1. The average Bonchev–Trinajstić information content (AvgIpc) is 2.77. The normalized spacial score (nSPS) is 20.3. The molecule has 0 atom stereocenters. The molecule has 1 aliphatic carbocycles. The van der Waals surface area contributed by atoms with Gasteiger partial charge in [-0.05, 0) is 48.0 Å². The van der Waals surface area contributed by atoms with Crippen molar-refractivity contribution in [1.29, 1.82) is 0 Å². The molecule has 102 valence electrons. The van der Waals surface area contributed by atoms with Crippen LogP contribution >= 0.6 is 23.5 Å². The van der Waals surface area contributed by atoms with Gasteiger partial charge in [-0.25, -0.2) is 4.79 Å². The van der Waals surface area contributed by atoms with Crippen LogP contribution in [0.3, 0.4) is 0 Å². The molecule has 5 heteroatoms. The van der Waals surface area contributed by atoms with E-state index < -0.39 is 5.97 Å². The molecule has 2 aliphatic rings. The molecule has 19 heavy (non-hydrogen) atoms. The maximum absolute atomic E-state index is 11.9. The zero-order chi connectivity index (χ0) is 13.5. The smallest absolute Gasteiger partial charge is 0.341 e. The molecule has 1 aromatic carbocycles. The molecule has 1 aromatic rings. The van der Waals surface area contributed by atoms with Crippen molar-refractivity contribution in [2.75, 3.05) is 18.6 Å². The predicted molar refractivity (Wildman–Crippen MR) is 79.0 cm³/mol. The van der Waals surface area contributed by atoms with Crippen LogP contribution in [0.4, 0.5) is 0 Å². The van der Waals surface area contributed by atoms with E-state index in [1.165, 1.54) is 30.6 Å². The molecule has 1 N–H and O–H groups in total. The maximum Gasteiger partial charge on any atom is 0.341 e. The van der Waals surface area contributed by atoms with E-state index in [4.69, 9.17) is 4.74 Å². The molecule has 0 amide bonds. The zero-order valence-electron chi connectivity index (χ0n) is 10.8. The van der Waals surface area contributed by atoms with Gasteiger partial charge in [0.2, 0.25) is 0 Å². The highest BCUT2D eigenvalue weighted by Gasteiger charge is 2.43. The number of hydrogen-bond donors (Lipinski definition) is 1. The standard InChI is InChI=1S/C14H16O3S2/c1-17-13(16)12-9-5-6-14(18-7-2-8-19-14)10(9)3-4-11(12)15/h3-4,15H,2,5-8H2,1H3. The Morgan fingerprint density at radius 2 is 2.11 bits per heavy atom. The van der Waals surface area contributed by atoms with Crippen molar-refractivity contribution in [2.45, 2.75) is 23.3 Å². The second kappa shape index (κ2) is 4.94. The van der Waals surface area contributed by atoms with Gasteiger partial charge in [0.25, 0.3) is 0 Å². The van der Waals surface area contributed by atoms with Crippen LogP contribution < -0.4 is 0 Å². The highest BCUT2D eigenvalue weighted by atomic mass is 32.2. The first-order valence-electron chi connectivity index (χ1n) is 6.39. The molecular weight excluding hydrogens is 280 g/mol. The lowest BCUT2D eigenvalue weighted by molar-refractivity contribution is 0.0596. The third-order valence-corrected chi connectivity index (χ3v) is 7.23. The number of esters is 1. The molecule has 1 spiro atoms. The van der Waals surface area contributed by atoms with Crippen LogP contribution in [-0.4, -0.2) is 29.7 Å². The van der Waals surface area contributed by atoms with Gasteiger partial charge in [-0.15, -0.1) is 23.5 Å². The highest BCUT2D eigenvalue weighted by Crippen LogP contribution is 2.58. The summed E-state index contributed by atoms with van der Waals surface area (Å²) in [5.74, 6) is 1.94. The number of hydrogen-bond acceptors (Lipinski definition) is 5. The van der Waals surface area contributed by atoms with E-state index in [-0.39, 0.29) is 9.83 Å². The molecule has 1 aliphatic heterocycles. The van der Waals surface area contributed by atoms with Gasteiger partial charge in [-0.1, -0.05) is 6.07 Å². The van der Waals surface area contributed by atoms with Crippen molar-refractivity contribution in [3.05, 3.63) is 28.8 Å². The minimum Gasteiger partial charge on any atom is -0.507 e. The lowest BCUT2D eigenvalue weighted by Gasteiger charge is -2.33. The van der Waals surface area contributed by atoms with Gasteiger partial charge >= 0.3 is 5.97 Å². The van der Waals surface area contributed by atoms with Crippen LogP contribution in [0.5, 0.6) is 5.75 Å². The van der Waals surface area contributed by atoms with Crippen LogP contribution in [-0.2, 0) is 15.2 Å². The summed E-state index contributed by atoms with van der Waals surface area (Å²) < 4.78 is 4.89. The number of fused-ring (bicyclic) bond motifs is 2. The zero-order valence-corrected chi connectivity index (χ0v) is 12.4. The number of carbonyl (C=O) groups excluding carboxylic acids is 1. The quantitative estimate of drug-likeness (QED) is 0.807. The van der Waals surface area contributed by atoms with Crippen molar-refractivity contribution in [3.8, 4) is 5.75 Å². The third kappa shape index (κ3) is 2.03. The number of rotatable bonds is 1. The van der Waals surface area contributed by atoms with E-state index in [0.717, 1.165) is 18.4 Å². The lowest BCUT2D eigenvalue weighted by atomic mass is 10.0. The Hall–Kier alpha value is -0.810. The number of phenolic OH excluding ortho intramolecular Hbond substituents is 1. The van der Waals surface area contributed by atoms with Crippen molar-refractivity contribution in [2.24, 2.45) is 0 Å². The van der Waals surface area contributed by atoms with Gasteiger partial charge in [-0.3, -0.25) is 0 Å². The van der Waals surface area contributed by atoms with E-state index in [2.05, 4.69) is 0 Å². The van der Waals surface area contributed by atoms with Crippen LogP contribution in [0.2, 0.25) is 0 Å². The number of aromatic hydroxyl groups is 1. The second-order valence-electron chi connectivity index (χ2n) is 4.78. The van der Waals surface area contributed by atoms with Crippen molar-refractivity contribution in [1.82, 2.24) is 0 Å². The maximum atomic E-state index is 11.9. The number of methoxy groups -OCH3 is 1. The average molecular weight is 296 g/mol. The van der Waals surface area contributed by atoms with Gasteiger partial charge in [0, 0.05) is 0 Å². The Bertz CT molecular complexity index is 522. The van der Waals surface area contributed by atoms with Gasteiger partial charge < -0.3 is 9.84 Å². The Kier molecular flexibility index (Phi) is 3.43. The summed E-state index contributed by atoms with van der Waals surface area (Å²) in [7, 11) is 1.36. The summed E-state index contributed by atoms with van der Waals surface area (Å²) in [6.07, 6.45) is 3.12. The molecule has 0 aromatic heterocycles. The van der Waals surface area contributed by atoms with E-state index in [1.54, 1.807) is 6.07 Å². The Morgan fingerprint density at radius 1 is 1.37 bits per heavy atom. The largest absolute Gasteiger partial charge is 0.507 e. The molecule has 3 nitrogen and oxygen atoms in total. The fourth-order valence-corrected chi connectivity index (χ4v) is 6.32. The summed E-state index contributed by atoms with van der Waals surface area (Å²) in [4.78, 5) is 11.9. The molecular formula is C14H16O3S2. The minimum absolute atomic E-state index is 0.0356. The van der Waals surface area contributed by atoms with Crippen LogP contribution in [0.15, 0.2) is 12.1 Å². The van der Waals surface area contributed by atoms with E-state index in [9.17, 15) is 9.90 Å². The first-order valence-corrected chi connectivity index (χ1v) is 8.36. The van der Waals surface area contributed by atoms with Crippen molar-refractivity contribution < 1.29 is 14.6 Å². The van der Waals surface area contributed by atoms with Gasteiger partial charge in [0.15, 0.2) is 0 Å². The molecule has 0 unspecified atom stereocenters. The topological polar surface area (TPSA) is 46.5 Å². The van der Waals surface area contributed by atoms with Gasteiger partial charge in [-0.2, -0.15) is 0 Å². The molecule has 1 heterocycles.